The number of pyridine rings is 1. The van der Waals surface area contributed by atoms with Crippen molar-refractivity contribution in [3.05, 3.63) is 36.0 Å². The molecule has 1 fully saturated rings. The van der Waals surface area contributed by atoms with E-state index in [1.54, 1.807) is 0 Å². The molecular weight excluding hydrogens is 264 g/mol. The minimum Gasteiger partial charge on any atom is -0.383 e. The number of nitrogens with two attached hydrogens (primary N) is 1. The molecule has 1 aliphatic heterocycles. The number of anilines is 1. The molecule has 2 heterocycles. The summed E-state index contributed by atoms with van der Waals surface area (Å²) in [6, 6.07) is 9.93. The van der Waals surface area contributed by atoms with Gasteiger partial charge in [0.2, 0.25) is 0 Å². The summed E-state index contributed by atoms with van der Waals surface area (Å²) in [6.07, 6.45) is 0. The molecule has 0 saturated carbocycles. The maximum Gasteiger partial charge on any atom is 0.272 e. The third-order valence-corrected chi connectivity index (χ3v) is 4.24. The summed E-state index contributed by atoms with van der Waals surface area (Å²) in [5.74, 6) is 0.381. The summed E-state index contributed by atoms with van der Waals surface area (Å²) in [6.45, 7) is 4.47. The smallest absolute Gasteiger partial charge is 0.272 e. The Balaban J connectivity index is 1.91. The topological polar surface area (TPSA) is 62.5 Å². The number of carbonyl (C=O) groups is 1. The van der Waals surface area contributed by atoms with Gasteiger partial charge in [0.1, 0.15) is 11.5 Å². The van der Waals surface area contributed by atoms with E-state index in [4.69, 9.17) is 5.73 Å². The van der Waals surface area contributed by atoms with Gasteiger partial charge in [-0.2, -0.15) is 0 Å². The maximum absolute atomic E-state index is 12.6. The zero-order valence-corrected chi connectivity index (χ0v) is 12.4. The quantitative estimate of drug-likeness (QED) is 0.864. The number of hydrogen-bond acceptors (Lipinski definition) is 4. The summed E-state index contributed by atoms with van der Waals surface area (Å²) >= 11 is 0. The molecule has 21 heavy (non-hydrogen) atoms. The van der Waals surface area contributed by atoms with E-state index in [9.17, 15) is 4.79 Å². The van der Waals surface area contributed by atoms with Crippen molar-refractivity contribution in [3.8, 4) is 0 Å². The lowest BCUT2D eigenvalue weighted by atomic mass is 10.1. The molecule has 110 valence electrons. The number of piperazine rings is 1. The Morgan fingerprint density at radius 1 is 1.33 bits per heavy atom. The normalized spacial score (nSPS) is 19.9. The number of benzene rings is 1. The summed E-state index contributed by atoms with van der Waals surface area (Å²) in [4.78, 5) is 21.0. The number of carbonyl (C=O) groups excluding carboxylic acids is 1. The molecule has 0 bridgehead atoms. The van der Waals surface area contributed by atoms with Crippen LogP contribution in [-0.4, -0.2) is 53.4 Å². The number of fused-ring (bicyclic) bond motifs is 1. The molecule has 2 aromatic rings. The van der Waals surface area contributed by atoms with Crippen molar-refractivity contribution in [1.29, 1.82) is 0 Å². The predicted molar refractivity (Wildman–Crippen MR) is 84.2 cm³/mol. The number of nitrogen functional groups attached to an aromatic ring is 1. The Kier molecular flexibility index (Phi) is 3.51. The Hall–Kier alpha value is -2.14. The van der Waals surface area contributed by atoms with E-state index in [0.717, 1.165) is 30.4 Å². The molecule has 1 unspecified atom stereocenters. The molecule has 0 radical (unpaired) electrons. The first kappa shape index (κ1) is 13.8. The average Bonchev–Trinajstić information content (AvgIpc) is 2.49. The van der Waals surface area contributed by atoms with E-state index in [-0.39, 0.29) is 5.91 Å². The van der Waals surface area contributed by atoms with Gasteiger partial charge < -0.3 is 15.5 Å². The van der Waals surface area contributed by atoms with Crippen LogP contribution >= 0.6 is 0 Å². The zero-order valence-electron chi connectivity index (χ0n) is 12.4. The van der Waals surface area contributed by atoms with E-state index in [1.165, 1.54) is 0 Å². The van der Waals surface area contributed by atoms with Crippen molar-refractivity contribution in [1.82, 2.24) is 14.8 Å². The summed E-state index contributed by atoms with van der Waals surface area (Å²) in [5.41, 5.74) is 6.42. The standard InChI is InChI=1S/C16H20N4O/c1-11-10-20(8-7-19(11)2)16(21)14-9-12-5-3-4-6-13(12)15(17)18-14/h3-6,9,11H,7-8,10H2,1-2H3,(H2,17,18). The maximum atomic E-state index is 12.6. The second kappa shape index (κ2) is 5.33. The third kappa shape index (κ3) is 2.56. The molecule has 5 heteroatoms. The molecule has 1 aromatic heterocycles. The molecule has 1 aliphatic rings. The lowest BCUT2D eigenvalue weighted by Gasteiger charge is -2.37. The van der Waals surface area contributed by atoms with Gasteiger partial charge in [-0.15, -0.1) is 0 Å². The van der Waals surface area contributed by atoms with Crippen LogP contribution in [0.15, 0.2) is 30.3 Å². The van der Waals surface area contributed by atoms with Gasteiger partial charge in [-0.05, 0) is 25.4 Å². The van der Waals surface area contributed by atoms with Crippen molar-refractivity contribution in [2.45, 2.75) is 13.0 Å². The van der Waals surface area contributed by atoms with Crippen LogP contribution in [0.5, 0.6) is 0 Å². The molecule has 1 atom stereocenters. The number of likely N-dealkylation sites (N-methyl/N-ethyl adjacent to an activating group) is 1. The number of amides is 1. The van der Waals surface area contributed by atoms with E-state index < -0.39 is 0 Å². The fourth-order valence-electron chi connectivity index (χ4n) is 2.73. The molecule has 1 aromatic carbocycles. The highest BCUT2D eigenvalue weighted by Gasteiger charge is 2.26. The molecule has 2 N–H and O–H groups in total. The average molecular weight is 284 g/mol. The van der Waals surface area contributed by atoms with Crippen LogP contribution in [0.4, 0.5) is 5.82 Å². The van der Waals surface area contributed by atoms with E-state index in [2.05, 4.69) is 23.9 Å². The molecule has 1 saturated heterocycles. The monoisotopic (exact) mass is 284 g/mol. The lowest BCUT2D eigenvalue weighted by molar-refractivity contribution is 0.0567. The molecule has 5 nitrogen and oxygen atoms in total. The van der Waals surface area contributed by atoms with Gasteiger partial charge in [0.05, 0.1) is 0 Å². The van der Waals surface area contributed by atoms with Crippen LogP contribution in [-0.2, 0) is 0 Å². The highest BCUT2D eigenvalue weighted by molar-refractivity contribution is 5.99. The first-order valence-corrected chi connectivity index (χ1v) is 7.21. The van der Waals surface area contributed by atoms with Crippen LogP contribution in [0, 0.1) is 0 Å². The van der Waals surface area contributed by atoms with Gasteiger partial charge in [-0.3, -0.25) is 4.79 Å². The third-order valence-electron chi connectivity index (χ3n) is 4.24. The van der Waals surface area contributed by atoms with Crippen molar-refractivity contribution in [3.63, 3.8) is 0 Å². The zero-order chi connectivity index (χ0) is 15.0. The van der Waals surface area contributed by atoms with E-state index in [0.29, 0.717) is 17.6 Å². The summed E-state index contributed by atoms with van der Waals surface area (Å²) in [7, 11) is 2.08. The minimum atomic E-state index is -0.0348. The van der Waals surface area contributed by atoms with Gasteiger partial charge in [-0.1, -0.05) is 24.3 Å². The Labute approximate surface area is 124 Å². The molecule has 3 rings (SSSR count). The second-order valence-electron chi connectivity index (χ2n) is 5.69. The van der Waals surface area contributed by atoms with Gasteiger partial charge >= 0.3 is 0 Å². The number of rotatable bonds is 1. The van der Waals surface area contributed by atoms with Crippen LogP contribution in [0.2, 0.25) is 0 Å². The minimum absolute atomic E-state index is 0.0348. The van der Waals surface area contributed by atoms with Gasteiger partial charge in [0.25, 0.3) is 5.91 Å². The molecule has 0 aliphatic carbocycles. The largest absolute Gasteiger partial charge is 0.383 e. The van der Waals surface area contributed by atoms with Crippen LogP contribution in [0.25, 0.3) is 10.8 Å². The van der Waals surface area contributed by atoms with E-state index >= 15 is 0 Å². The highest BCUT2D eigenvalue weighted by atomic mass is 16.2. The van der Waals surface area contributed by atoms with Crippen molar-refractivity contribution in [2.24, 2.45) is 0 Å². The SMILES string of the molecule is CC1CN(C(=O)c2cc3ccccc3c(N)n2)CCN1C. The van der Waals surface area contributed by atoms with Crippen molar-refractivity contribution >= 4 is 22.5 Å². The summed E-state index contributed by atoms with van der Waals surface area (Å²) in [5, 5.41) is 1.84. The Morgan fingerprint density at radius 2 is 2.10 bits per heavy atom. The summed E-state index contributed by atoms with van der Waals surface area (Å²) < 4.78 is 0. The lowest BCUT2D eigenvalue weighted by Crippen LogP contribution is -2.52. The molecule has 1 amide bonds. The number of nitrogens with zero attached hydrogens (tertiary/aromatic N) is 3. The molecule has 0 spiro atoms. The van der Waals surface area contributed by atoms with Crippen LogP contribution in [0.3, 0.4) is 0 Å². The van der Waals surface area contributed by atoms with Crippen LogP contribution < -0.4 is 5.73 Å². The number of aromatic nitrogens is 1. The number of hydrogen-bond donors (Lipinski definition) is 1. The predicted octanol–water partition coefficient (Wildman–Crippen LogP) is 1.59. The first-order valence-electron chi connectivity index (χ1n) is 7.21. The highest BCUT2D eigenvalue weighted by Crippen LogP contribution is 2.21. The fourth-order valence-corrected chi connectivity index (χ4v) is 2.73. The van der Waals surface area contributed by atoms with Crippen molar-refractivity contribution in [2.75, 3.05) is 32.4 Å². The van der Waals surface area contributed by atoms with Crippen LogP contribution in [0.1, 0.15) is 17.4 Å². The molecular formula is C16H20N4O. The van der Waals surface area contributed by atoms with Gasteiger partial charge in [-0.25, -0.2) is 4.98 Å². The van der Waals surface area contributed by atoms with E-state index in [1.807, 2.05) is 35.2 Å². The van der Waals surface area contributed by atoms with Crippen molar-refractivity contribution < 1.29 is 4.79 Å². The second-order valence-corrected chi connectivity index (χ2v) is 5.69. The Bertz CT molecular complexity index is 685. The Morgan fingerprint density at radius 3 is 2.86 bits per heavy atom. The fraction of sp³-hybridized carbons (Fsp3) is 0.375. The van der Waals surface area contributed by atoms with Gasteiger partial charge in [0.15, 0.2) is 0 Å². The first-order chi connectivity index (χ1) is 10.1. The van der Waals surface area contributed by atoms with Gasteiger partial charge in [0, 0.05) is 31.1 Å².